The Kier molecular flexibility index (Phi) is 5.54. The Balaban J connectivity index is 1.72. The lowest BCUT2D eigenvalue weighted by Gasteiger charge is -2.22. The second-order valence-corrected chi connectivity index (χ2v) is 5.59. The molecule has 1 fully saturated rings. The number of benzene rings is 1. The molecule has 1 saturated heterocycles. The van der Waals surface area contributed by atoms with Crippen LogP contribution in [0.5, 0.6) is 5.75 Å². The molecule has 1 N–H and O–H groups in total. The van der Waals surface area contributed by atoms with Gasteiger partial charge in [-0.05, 0) is 17.7 Å². The molecule has 1 aliphatic rings. The topological polar surface area (TPSA) is 47.6 Å². The van der Waals surface area contributed by atoms with Crippen molar-refractivity contribution in [3.05, 3.63) is 29.8 Å². The Labute approximate surface area is 117 Å². The molecule has 1 aromatic carbocycles. The summed E-state index contributed by atoms with van der Waals surface area (Å²) < 4.78 is 10.4. The van der Waals surface area contributed by atoms with E-state index in [0.717, 1.165) is 29.4 Å². The number of hydrogen-bond acceptors (Lipinski definition) is 5. The Morgan fingerprint density at radius 1 is 1.42 bits per heavy atom. The predicted molar refractivity (Wildman–Crippen MR) is 76.5 cm³/mol. The van der Waals surface area contributed by atoms with E-state index in [9.17, 15) is 4.79 Å². The first-order valence-electron chi connectivity index (χ1n) is 6.37. The maximum absolute atomic E-state index is 11.7. The highest BCUT2D eigenvalue weighted by atomic mass is 32.2. The number of hydrogen-bond donors (Lipinski definition) is 1. The van der Waals surface area contributed by atoms with Crippen molar-refractivity contribution in [2.45, 2.75) is 19.1 Å². The highest BCUT2D eigenvalue weighted by Gasteiger charge is 2.17. The molecule has 0 spiro atoms. The van der Waals surface area contributed by atoms with E-state index in [4.69, 9.17) is 9.47 Å². The summed E-state index contributed by atoms with van der Waals surface area (Å²) in [6, 6.07) is 7.79. The minimum atomic E-state index is -0.143. The number of esters is 1. The zero-order valence-corrected chi connectivity index (χ0v) is 11.9. The molecule has 0 aliphatic carbocycles. The molecule has 1 aliphatic heterocycles. The van der Waals surface area contributed by atoms with Crippen molar-refractivity contribution in [3.8, 4) is 5.75 Å². The van der Waals surface area contributed by atoms with Crippen LogP contribution in [0, 0.1) is 0 Å². The molecular formula is C14H19NO3S. The van der Waals surface area contributed by atoms with Gasteiger partial charge >= 0.3 is 5.97 Å². The summed E-state index contributed by atoms with van der Waals surface area (Å²) >= 11 is 1.88. The van der Waals surface area contributed by atoms with Gasteiger partial charge in [-0.25, -0.2) is 0 Å². The van der Waals surface area contributed by atoms with Gasteiger partial charge in [0.05, 0.1) is 13.5 Å². The van der Waals surface area contributed by atoms with Crippen LogP contribution < -0.4 is 10.1 Å². The van der Waals surface area contributed by atoms with Gasteiger partial charge < -0.3 is 14.8 Å². The summed E-state index contributed by atoms with van der Waals surface area (Å²) in [5, 5.41) is 3.33. The standard InChI is InChI=1S/C14H19NO3S/c1-17-13-4-2-11(3-5-13)9-18-14(16)8-12-10-19-7-6-15-12/h2-5,12,15H,6-10H2,1H3. The van der Waals surface area contributed by atoms with Crippen LogP contribution in [0.3, 0.4) is 0 Å². The summed E-state index contributed by atoms with van der Waals surface area (Å²) in [5.41, 5.74) is 0.972. The molecule has 0 bridgehead atoms. The monoisotopic (exact) mass is 281 g/mol. The number of ether oxygens (including phenoxy) is 2. The molecule has 4 nitrogen and oxygen atoms in total. The average Bonchev–Trinajstić information content (AvgIpc) is 2.47. The van der Waals surface area contributed by atoms with Crippen LogP contribution in [-0.2, 0) is 16.1 Å². The Morgan fingerprint density at radius 2 is 2.21 bits per heavy atom. The van der Waals surface area contributed by atoms with Crippen molar-refractivity contribution < 1.29 is 14.3 Å². The predicted octanol–water partition coefficient (Wildman–Crippen LogP) is 1.83. The SMILES string of the molecule is COc1ccc(COC(=O)CC2CSCCN2)cc1. The molecule has 1 atom stereocenters. The normalized spacial score (nSPS) is 18.9. The van der Waals surface area contributed by atoms with Crippen LogP contribution in [0.1, 0.15) is 12.0 Å². The Hall–Kier alpha value is -1.20. The van der Waals surface area contributed by atoms with Gasteiger partial charge in [-0.2, -0.15) is 11.8 Å². The fourth-order valence-electron chi connectivity index (χ4n) is 1.90. The van der Waals surface area contributed by atoms with Crippen molar-refractivity contribution >= 4 is 17.7 Å². The highest BCUT2D eigenvalue weighted by Crippen LogP contribution is 2.13. The van der Waals surface area contributed by atoms with Gasteiger partial charge in [-0.1, -0.05) is 12.1 Å². The third kappa shape index (κ3) is 4.76. The largest absolute Gasteiger partial charge is 0.497 e. The average molecular weight is 281 g/mol. The molecular weight excluding hydrogens is 262 g/mol. The van der Waals surface area contributed by atoms with Crippen LogP contribution in [-0.4, -0.2) is 37.2 Å². The van der Waals surface area contributed by atoms with Gasteiger partial charge in [0.1, 0.15) is 12.4 Å². The van der Waals surface area contributed by atoms with Crippen molar-refractivity contribution in [2.75, 3.05) is 25.2 Å². The summed E-state index contributed by atoms with van der Waals surface area (Å²) in [6.45, 7) is 1.30. The van der Waals surface area contributed by atoms with E-state index < -0.39 is 0 Å². The van der Waals surface area contributed by atoms with E-state index in [1.54, 1.807) is 7.11 Å². The lowest BCUT2D eigenvalue weighted by atomic mass is 10.2. The lowest BCUT2D eigenvalue weighted by molar-refractivity contribution is -0.145. The molecule has 0 radical (unpaired) electrons. The zero-order valence-electron chi connectivity index (χ0n) is 11.1. The Morgan fingerprint density at radius 3 is 2.84 bits per heavy atom. The number of rotatable bonds is 5. The number of nitrogens with one attached hydrogen (secondary N) is 1. The van der Waals surface area contributed by atoms with E-state index in [0.29, 0.717) is 13.0 Å². The fourth-order valence-corrected chi connectivity index (χ4v) is 2.85. The summed E-state index contributed by atoms with van der Waals surface area (Å²) in [7, 11) is 1.63. The molecule has 104 valence electrons. The van der Waals surface area contributed by atoms with Gasteiger partial charge in [0.2, 0.25) is 0 Å². The lowest BCUT2D eigenvalue weighted by Crippen LogP contribution is -2.39. The van der Waals surface area contributed by atoms with Crippen molar-refractivity contribution in [1.29, 1.82) is 0 Å². The van der Waals surface area contributed by atoms with Crippen LogP contribution in [0.15, 0.2) is 24.3 Å². The molecule has 1 heterocycles. The maximum Gasteiger partial charge on any atom is 0.307 e. The molecule has 1 aromatic rings. The molecule has 0 amide bonds. The van der Waals surface area contributed by atoms with E-state index in [2.05, 4.69) is 5.32 Å². The first-order valence-corrected chi connectivity index (χ1v) is 7.53. The van der Waals surface area contributed by atoms with Gasteiger partial charge in [-0.15, -0.1) is 0 Å². The second kappa shape index (κ2) is 7.40. The van der Waals surface area contributed by atoms with E-state index >= 15 is 0 Å². The minimum Gasteiger partial charge on any atom is -0.497 e. The van der Waals surface area contributed by atoms with Crippen molar-refractivity contribution in [3.63, 3.8) is 0 Å². The highest BCUT2D eigenvalue weighted by molar-refractivity contribution is 7.99. The van der Waals surface area contributed by atoms with Crippen molar-refractivity contribution in [1.82, 2.24) is 5.32 Å². The van der Waals surface area contributed by atoms with Gasteiger partial charge in [0.25, 0.3) is 0 Å². The van der Waals surface area contributed by atoms with Gasteiger partial charge in [0, 0.05) is 24.1 Å². The molecule has 0 saturated carbocycles. The first-order chi connectivity index (χ1) is 9.28. The number of methoxy groups -OCH3 is 1. The zero-order chi connectivity index (χ0) is 13.5. The molecule has 2 rings (SSSR count). The van der Waals surface area contributed by atoms with Crippen molar-refractivity contribution in [2.24, 2.45) is 0 Å². The minimum absolute atomic E-state index is 0.143. The fraction of sp³-hybridized carbons (Fsp3) is 0.500. The maximum atomic E-state index is 11.7. The molecule has 5 heteroatoms. The smallest absolute Gasteiger partial charge is 0.307 e. The van der Waals surface area contributed by atoms with Crippen LogP contribution in [0.2, 0.25) is 0 Å². The van der Waals surface area contributed by atoms with Crippen LogP contribution >= 0.6 is 11.8 Å². The summed E-state index contributed by atoms with van der Waals surface area (Å²) in [4.78, 5) is 11.7. The molecule has 1 unspecified atom stereocenters. The van der Waals surface area contributed by atoms with Crippen LogP contribution in [0.25, 0.3) is 0 Å². The third-order valence-corrected chi connectivity index (χ3v) is 4.10. The van der Waals surface area contributed by atoms with Gasteiger partial charge in [0.15, 0.2) is 0 Å². The summed E-state index contributed by atoms with van der Waals surface area (Å²) in [5.74, 6) is 2.77. The van der Waals surface area contributed by atoms with Crippen LogP contribution in [0.4, 0.5) is 0 Å². The van der Waals surface area contributed by atoms with E-state index in [1.165, 1.54) is 0 Å². The first kappa shape index (κ1) is 14.2. The summed E-state index contributed by atoms with van der Waals surface area (Å²) in [6.07, 6.45) is 0.448. The van der Waals surface area contributed by atoms with E-state index in [1.807, 2.05) is 36.0 Å². The number of carbonyl (C=O) groups is 1. The van der Waals surface area contributed by atoms with Gasteiger partial charge in [-0.3, -0.25) is 4.79 Å². The number of carbonyl (C=O) groups excluding carboxylic acids is 1. The third-order valence-electron chi connectivity index (χ3n) is 2.97. The second-order valence-electron chi connectivity index (χ2n) is 4.44. The number of thioether (sulfide) groups is 1. The molecule has 0 aromatic heterocycles. The van der Waals surface area contributed by atoms with E-state index in [-0.39, 0.29) is 12.0 Å². The quantitative estimate of drug-likeness (QED) is 0.834. The molecule has 19 heavy (non-hydrogen) atoms. The Bertz CT molecular complexity index is 402.